The summed E-state index contributed by atoms with van der Waals surface area (Å²) in [5, 5.41) is 0. The predicted molar refractivity (Wildman–Crippen MR) is 137 cm³/mol. The lowest BCUT2D eigenvalue weighted by Crippen LogP contribution is -2.37. The zero-order chi connectivity index (χ0) is 22.5. The molecule has 5 aromatic rings. The number of aromatic nitrogens is 2. The molecule has 2 nitrogen and oxygen atoms in total. The van der Waals surface area contributed by atoms with Gasteiger partial charge in [0.25, 0.3) is 0 Å². The number of pyridine rings is 2. The molecule has 0 saturated carbocycles. The molecule has 0 saturated heterocycles. The Kier molecular flexibility index (Phi) is 5.90. The molecule has 0 N–H and O–H groups in total. The first-order valence-corrected chi connectivity index (χ1v) is 11.1. The molecule has 0 aliphatic heterocycles. The number of aryl methyl sites for hydroxylation is 1. The SMILES string of the molecule is Cc1ccc(-[n+]2c(C=Cc3ccncc3)cc(-c3ccccc3)cc2-c2ccccc2)cc1. The summed E-state index contributed by atoms with van der Waals surface area (Å²) in [6.07, 6.45) is 7.98. The second kappa shape index (κ2) is 9.46. The number of hydrogen-bond acceptors (Lipinski definition) is 1. The molecule has 0 radical (unpaired) electrons. The van der Waals surface area contributed by atoms with E-state index in [1.54, 1.807) is 0 Å². The lowest BCUT2D eigenvalue weighted by atomic mass is 10.0. The molecule has 0 atom stereocenters. The highest BCUT2D eigenvalue weighted by Gasteiger charge is 2.22. The molecule has 3 aromatic carbocycles. The molecule has 2 heteroatoms. The standard InChI is InChI=1S/C31H25N2/c1-24-12-15-29(16-13-24)33-30(17-14-25-18-20-32-21-19-25)22-28(26-8-4-2-5-9-26)23-31(33)27-10-6-3-7-11-27/h2-23H,1H3/q+1. The van der Waals surface area contributed by atoms with Crippen molar-refractivity contribution in [3.63, 3.8) is 0 Å². The van der Waals surface area contributed by atoms with E-state index in [1.807, 2.05) is 24.5 Å². The fourth-order valence-corrected chi connectivity index (χ4v) is 4.00. The summed E-state index contributed by atoms with van der Waals surface area (Å²) in [5.41, 5.74) is 9.31. The van der Waals surface area contributed by atoms with Gasteiger partial charge in [-0.15, -0.1) is 0 Å². The van der Waals surface area contributed by atoms with Crippen LogP contribution in [0.25, 0.3) is 40.2 Å². The van der Waals surface area contributed by atoms with Gasteiger partial charge in [-0.05, 0) is 54.0 Å². The van der Waals surface area contributed by atoms with Gasteiger partial charge >= 0.3 is 0 Å². The Hall–Kier alpha value is -4.30. The first-order valence-electron chi connectivity index (χ1n) is 11.1. The molecule has 5 rings (SSSR count). The van der Waals surface area contributed by atoms with E-state index in [0.717, 1.165) is 22.6 Å². The maximum atomic E-state index is 4.14. The summed E-state index contributed by atoms with van der Waals surface area (Å²) < 4.78 is 2.33. The van der Waals surface area contributed by atoms with Gasteiger partial charge in [0.1, 0.15) is 0 Å². The molecule has 0 unspecified atom stereocenters. The molecule has 0 aliphatic rings. The van der Waals surface area contributed by atoms with Gasteiger partial charge in [-0.3, -0.25) is 4.98 Å². The lowest BCUT2D eigenvalue weighted by molar-refractivity contribution is -0.585. The Balaban J connectivity index is 1.78. The minimum absolute atomic E-state index is 1.11. The Morgan fingerprint density at radius 1 is 0.606 bits per heavy atom. The van der Waals surface area contributed by atoms with E-state index in [4.69, 9.17) is 0 Å². The molecule has 0 amide bonds. The van der Waals surface area contributed by atoms with E-state index in [-0.39, 0.29) is 0 Å². The van der Waals surface area contributed by atoms with E-state index < -0.39 is 0 Å². The van der Waals surface area contributed by atoms with Gasteiger partial charge in [0, 0.05) is 48.3 Å². The van der Waals surface area contributed by atoms with Crippen LogP contribution in [0.2, 0.25) is 0 Å². The highest BCUT2D eigenvalue weighted by atomic mass is 15.0. The molecule has 2 aromatic heterocycles. The summed E-state index contributed by atoms with van der Waals surface area (Å²) in [6.45, 7) is 2.12. The highest BCUT2D eigenvalue weighted by Crippen LogP contribution is 2.27. The summed E-state index contributed by atoms with van der Waals surface area (Å²) in [6, 6.07) is 38.4. The number of rotatable bonds is 5. The Bertz CT molecular complexity index is 1370. The van der Waals surface area contributed by atoms with Crippen LogP contribution in [0.15, 0.2) is 122 Å². The molecule has 0 fully saturated rings. The third kappa shape index (κ3) is 4.65. The molecule has 0 bridgehead atoms. The molecular formula is C31H25N2+. The van der Waals surface area contributed by atoms with Gasteiger partial charge in [-0.1, -0.05) is 66.2 Å². The molecule has 2 heterocycles. The summed E-state index contributed by atoms with van der Waals surface area (Å²) in [4.78, 5) is 4.14. The Labute approximate surface area is 195 Å². The van der Waals surface area contributed by atoms with Gasteiger partial charge in [-0.2, -0.15) is 4.57 Å². The van der Waals surface area contributed by atoms with Gasteiger partial charge in [0.15, 0.2) is 0 Å². The summed E-state index contributed by atoms with van der Waals surface area (Å²) in [7, 11) is 0. The fraction of sp³-hybridized carbons (Fsp3) is 0.0323. The minimum atomic E-state index is 1.11. The van der Waals surface area contributed by atoms with Crippen LogP contribution in [-0.2, 0) is 0 Å². The van der Waals surface area contributed by atoms with Crippen molar-refractivity contribution in [3.05, 3.63) is 138 Å². The molecular weight excluding hydrogens is 400 g/mol. The first kappa shape index (κ1) is 20.6. The van der Waals surface area contributed by atoms with Crippen LogP contribution in [0.5, 0.6) is 0 Å². The van der Waals surface area contributed by atoms with Crippen LogP contribution in [0.1, 0.15) is 16.8 Å². The van der Waals surface area contributed by atoms with E-state index in [1.165, 1.54) is 22.3 Å². The largest absolute Gasteiger partial charge is 0.265 e. The van der Waals surface area contributed by atoms with Crippen molar-refractivity contribution in [1.82, 2.24) is 4.98 Å². The van der Waals surface area contributed by atoms with Gasteiger partial charge in [0.2, 0.25) is 17.1 Å². The second-order valence-corrected chi connectivity index (χ2v) is 8.07. The zero-order valence-electron chi connectivity index (χ0n) is 18.6. The van der Waals surface area contributed by atoms with E-state index >= 15 is 0 Å². The topological polar surface area (TPSA) is 16.8 Å². The maximum absolute atomic E-state index is 4.14. The van der Waals surface area contributed by atoms with E-state index in [9.17, 15) is 0 Å². The van der Waals surface area contributed by atoms with Gasteiger partial charge < -0.3 is 0 Å². The van der Waals surface area contributed by atoms with Crippen molar-refractivity contribution in [2.75, 3.05) is 0 Å². The maximum Gasteiger partial charge on any atom is 0.219 e. The summed E-state index contributed by atoms with van der Waals surface area (Å²) in [5.74, 6) is 0. The van der Waals surface area contributed by atoms with Crippen LogP contribution >= 0.6 is 0 Å². The number of nitrogens with zero attached hydrogens (tertiary/aromatic N) is 2. The van der Waals surface area contributed by atoms with Crippen molar-refractivity contribution in [1.29, 1.82) is 0 Å². The Morgan fingerprint density at radius 2 is 1.24 bits per heavy atom. The van der Waals surface area contributed by atoms with Crippen molar-refractivity contribution < 1.29 is 4.57 Å². The van der Waals surface area contributed by atoms with Gasteiger partial charge in [0.05, 0.1) is 0 Å². The second-order valence-electron chi connectivity index (χ2n) is 8.07. The van der Waals surface area contributed by atoms with Crippen molar-refractivity contribution in [2.45, 2.75) is 6.92 Å². The van der Waals surface area contributed by atoms with Crippen molar-refractivity contribution in [3.8, 4) is 28.1 Å². The van der Waals surface area contributed by atoms with E-state index in [0.29, 0.717) is 0 Å². The first-order chi connectivity index (χ1) is 16.3. The van der Waals surface area contributed by atoms with Crippen LogP contribution < -0.4 is 4.57 Å². The number of hydrogen-bond donors (Lipinski definition) is 0. The molecule has 0 aliphatic carbocycles. The lowest BCUT2D eigenvalue weighted by Gasteiger charge is -2.11. The average Bonchev–Trinajstić information content (AvgIpc) is 2.89. The zero-order valence-corrected chi connectivity index (χ0v) is 18.6. The smallest absolute Gasteiger partial charge is 0.219 e. The monoisotopic (exact) mass is 425 g/mol. The normalized spacial score (nSPS) is 11.1. The highest BCUT2D eigenvalue weighted by molar-refractivity contribution is 5.74. The number of benzene rings is 3. The minimum Gasteiger partial charge on any atom is -0.265 e. The Morgan fingerprint density at radius 3 is 1.91 bits per heavy atom. The summed E-state index contributed by atoms with van der Waals surface area (Å²) >= 11 is 0. The van der Waals surface area contributed by atoms with Gasteiger partial charge in [-0.25, -0.2) is 0 Å². The fourth-order valence-electron chi connectivity index (χ4n) is 4.00. The molecule has 158 valence electrons. The average molecular weight is 426 g/mol. The van der Waals surface area contributed by atoms with Crippen LogP contribution in [0.3, 0.4) is 0 Å². The van der Waals surface area contributed by atoms with Crippen molar-refractivity contribution in [2.24, 2.45) is 0 Å². The predicted octanol–water partition coefficient (Wildman–Crippen LogP) is 7.17. The molecule has 33 heavy (non-hydrogen) atoms. The third-order valence-corrected chi connectivity index (χ3v) is 5.72. The van der Waals surface area contributed by atoms with E-state index in [2.05, 4.69) is 126 Å². The third-order valence-electron chi connectivity index (χ3n) is 5.72. The van der Waals surface area contributed by atoms with Crippen molar-refractivity contribution >= 4 is 12.2 Å². The quantitative estimate of drug-likeness (QED) is 0.273. The molecule has 0 spiro atoms. The van der Waals surface area contributed by atoms with Crippen LogP contribution in [0.4, 0.5) is 0 Å². The van der Waals surface area contributed by atoms with Crippen LogP contribution in [-0.4, -0.2) is 4.98 Å². The van der Waals surface area contributed by atoms with Crippen LogP contribution in [0, 0.1) is 6.92 Å².